The van der Waals surface area contributed by atoms with E-state index in [0.29, 0.717) is 27.6 Å². The summed E-state index contributed by atoms with van der Waals surface area (Å²) < 4.78 is 11.4. The maximum Gasteiger partial charge on any atom is 0.343 e. The number of allylic oxidation sites excluding steroid dienone is 3. The number of benzene rings is 2. The zero-order valence-electron chi connectivity index (χ0n) is 17.9. The van der Waals surface area contributed by atoms with Gasteiger partial charge in [0.05, 0.1) is 11.5 Å². The fourth-order valence-electron chi connectivity index (χ4n) is 3.07. The van der Waals surface area contributed by atoms with Crippen molar-refractivity contribution in [3.05, 3.63) is 81.4 Å². The van der Waals surface area contributed by atoms with Gasteiger partial charge in [-0.25, -0.2) is 4.79 Å². The smallest absolute Gasteiger partial charge is 0.343 e. The molecule has 3 rings (SSSR count). The molecule has 0 bridgehead atoms. The van der Waals surface area contributed by atoms with E-state index in [0.717, 1.165) is 5.56 Å². The van der Waals surface area contributed by atoms with E-state index in [2.05, 4.69) is 20.8 Å². The van der Waals surface area contributed by atoms with Gasteiger partial charge in [-0.2, -0.15) is 0 Å². The van der Waals surface area contributed by atoms with Crippen molar-refractivity contribution in [2.24, 2.45) is 5.92 Å². The first kappa shape index (κ1) is 23.1. The molecule has 0 heterocycles. The first-order chi connectivity index (χ1) is 14.5. The fraction of sp³-hybridized carbons (Fsp3) is 0.280. The number of aryl methyl sites for hydroxylation is 1. The summed E-state index contributed by atoms with van der Waals surface area (Å²) in [6, 6.07) is 10.1. The molecule has 0 spiro atoms. The van der Waals surface area contributed by atoms with Gasteiger partial charge in [0.1, 0.15) is 0 Å². The summed E-state index contributed by atoms with van der Waals surface area (Å²) in [6.45, 7) is 7.99. The Labute approximate surface area is 192 Å². The predicted molar refractivity (Wildman–Crippen MR) is 123 cm³/mol. The fourth-order valence-corrected chi connectivity index (χ4v) is 3.36. The number of halogens is 2. The van der Waals surface area contributed by atoms with Crippen LogP contribution in [0.5, 0.6) is 11.5 Å². The molecule has 0 radical (unpaired) electrons. The van der Waals surface area contributed by atoms with Crippen LogP contribution in [-0.4, -0.2) is 11.9 Å². The Hall–Kier alpha value is -2.56. The van der Waals surface area contributed by atoms with Gasteiger partial charge in [0.15, 0.2) is 11.5 Å². The molecule has 2 aromatic rings. The second-order valence-electron chi connectivity index (χ2n) is 8.48. The maximum atomic E-state index is 12.8. The Morgan fingerprint density at radius 2 is 1.71 bits per heavy atom. The molecule has 4 nitrogen and oxygen atoms in total. The lowest BCUT2D eigenvalue weighted by Crippen LogP contribution is -2.21. The van der Waals surface area contributed by atoms with Gasteiger partial charge in [-0.05, 0) is 66.3 Å². The van der Waals surface area contributed by atoms with Crippen LogP contribution in [0, 0.1) is 12.8 Å². The standard InChI is InChI=1S/C25H24Cl2O4/c1-15-13-18(25(2,3)4)14-21(30-23(28)16-5-9-19(26)10-6-16)22(15)31-24(29)17-7-11-20(27)12-8-17/h5-7,9-14,17H,8H2,1-4H3. The third-order valence-electron chi connectivity index (χ3n) is 4.95. The zero-order chi connectivity index (χ0) is 22.8. The summed E-state index contributed by atoms with van der Waals surface area (Å²) in [5, 5.41) is 1.11. The number of hydrogen-bond donors (Lipinski definition) is 0. The van der Waals surface area contributed by atoms with Gasteiger partial charge < -0.3 is 9.47 Å². The number of rotatable bonds is 4. The van der Waals surface area contributed by atoms with E-state index in [1.54, 1.807) is 48.6 Å². The SMILES string of the molecule is Cc1cc(C(C)(C)C)cc(OC(=O)c2ccc(Cl)cc2)c1OC(=O)C1C=CC(Cl)=CC1. The monoisotopic (exact) mass is 458 g/mol. The molecule has 0 aliphatic heterocycles. The van der Waals surface area contributed by atoms with E-state index >= 15 is 0 Å². The highest BCUT2D eigenvalue weighted by molar-refractivity contribution is 6.31. The number of hydrogen-bond acceptors (Lipinski definition) is 4. The Kier molecular flexibility index (Phi) is 6.93. The number of carbonyl (C=O) groups is 2. The molecule has 31 heavy (non-hydrogen) atoms. The highest BCUT2D eigenvalue weighted by Crippen LogP contribution is 2.38. The van der Waals surface area contributed by atoms with Gasteiger partial charge >= 0.3 is 11.9 Å². The minimum Gasteiger partial charge on any atom is -0.422 e. The first-order valence-electron chi connectivity index (χ1n) is 9.93. The first-order valence-corrected chi connectivity index (χ1v) is 10.7. The summed E-state index contributed by atoms with van der Waals surface area (Å²) in [5.41, 5.74) is 1.81. The van der Waals surface area contributed by atoms with E-state index in [1.807, 2.05) is 13.0 Å². The molecule has 2 aromatic carbocycles. The van der Waals surface area contributed by atoms with Crippen molar-refractivity contribution in [3.8, 4) is 11.5 Å². The Bertz CT molecular complexity index is 1060. The Balaban J connectivity index is 1.93. The van der Waals surface area contributed by atoms with E-state index in [1.165, 1.54) is 0 Å². The van der Waals surface area contributed by atoms with Gasteiger partial charge in [0, 0.05) is 10.1 Å². The van der Waals surface area contributed by atoms with E-state index in [4.69, 9.17) is 32.7 Å². The molecule has 162 valence electrons. The third kappa shape index (κ3) is 5.78. The summed E-state index contributed by atoms with van der Waals surface area (Å²) in [6.07, 6.45) is 5.61. The van der Waals surface area contributed by atoms with Crippen molar-refractivity contribution >= 4 is 35.1 Å². The lowest BCUT2D eigenvalue weighted by atomic mass is 9.86. The van der Waals surface area contributed by atoms with Crippen LogP contribution in [0.25, 0.3) is 0 Å². The minimum atomic E-state index is -0.563. The van der Waals surface area contributed by atoms with Gasteiger partial charge in [-0.3, -0.25) is 4.79 Å². The van der Waals surface area contributed by atoms with Gasteiger partial charge in [-0.15, -0.1) is 0 Å². The zero-order valence-corrected chi connectivity index (χ0v) is 19.4. The van der Waals surface area contributed by atoms with Gasteiger partial charge in [0.25, 0.3) is 0 Å². The van der Waals surface area contributed by atoms with Crippen molar-refractivity contribution < 1.29 is 19.1 Å². The van der Waals surface area contributed by atoms with Crippen LogP contribution in [-0.2, 0) is 10.2 Å². The highest BCUT2D eigenvalue weighted by atomic mass is 35.5. The second-order valence-corrected chi connectivity index (χ2v) is 9.35. The minimum absolute atomic E-state index is 0.192. The molecule has 0 aromatic heterocycles. The van der Waals surface area contributed by atoms with Gasteiger partial charge in [0.2, 0.25) is 0 Å². The molecule has 0 N–H and O–H groups in total. The summed E-state index contributed by atoms with van der Waals surface area (Å²) in [7, 11) is 0. The van der Waals surface area contributed by atoms with Gasteiger partial charge in [-0.1, -0.05) is 62.2 Å². The average molecular weight is 459 g/mol. The molecular formula is C25H24Cl2O4. The Morgan fingerprint density at radius 1 is 1.03 bits per heavy atom. The molecule has 1 unspecified atom stereocenters. The number of esters is 2. The number of ether oxygens (including phenoxy) is 2. The van der Waals surface area contributed by atoms with Crippen molar-refractivity contribution in [1.82, 2.24) is 0 Å². The highest BCUT2D eigenvalue weighted by Gasteiger charge is 2.25. The lowest BCUT2D eigenvalue weighted by Gasteiger charge is -2.23. The third-order valence-corrected chi connectivity index (χ3v) is 5.48. The Morgan fingerprint density at radius 3 is 2.29 bits per heavy atom. The molecule has 0 saturated heterocycles. The predicted octanol–water partition coefficient (Wildman–Crippen LogP) is 6.77. The van der Waals surface area contributed by atoms with Crippen molar-refractivity contribution in [1.29, 1.82) is 0 Å². The lowest BCUT2D eigenvalue weighted by molar-refractivity contribution is -0.137. The van der Waals surface area contributed by atoms with Crippen LogP contribution in [0.2, 0.25) is 5.02 Å². The molecule has 0 amide bonds. The average Bonchev–Trinajstić information content (AvgIpc) is 2.70. The van der Waals surface area contributed by atoms with E-state index in [-0.39, 0.29) is 16.9 Å². The molecular weight excluding hydrogens is 435 g/mol. The van der Waals surface area contributed by atoms with Crippen LogP contribution < -0.4 is 9.47 Å². The quantitative estimate of drug-likeness (QED) is 0.374. The molecule has 6 heteroatoms. The molecule has 1 aliphatic rings. The van der Waals surface area contributed by atoms with Crippen LogP contribution in [0.3, 0.4) is 0 Å². The van der Waals surface area contributed by atoms with E-state index in [9.17, 15) is 9.59 Å². The molecule has 1 aliphatic carbocycles. The summed E-state index contributed by atoms with van der Waals surface area (Å²) in [4.78, 5) is 25.5. The van der Waals surface area contributed by atoms with Crippen LogP contribution in [0.4, 0.5) is 0 Å². The normalized spacial score (nSPS) is 15.9. The number of carbonyl (C=O) groups excluding carboxylic acids is 2. The molecule has 0 saturated carbocycles. The summed E-state index contributed by atoms with van der Waals surface area (Å²) in [5.74, 6) is -1.02. The second kappa shape index (κ2) is 9.29. The maximum absolute atomic E-state index is 12.8. The van der Waals surface area contributed by atoms with E-state index < -0.39 is 17.9 Å². The topological polar surface area (TPSA) is 52.6 Å². The molecule has 1 atom stereocenters. The van der Waals surface area contributed by atoms with Crippen LogP contribution in [0.15, 0.2) is 59.7 Å². The van der Waals surface area contributed by atoms with Crippen molar-refractivity contribution in [2.45, 2.75) is 39.5 Å². The van der Waals surface area contributed by atoms with Crippen molar-refractivity contribution in [3.63, 3.8) is 0 Å². The van der Waals surface area contributed by atoms with Crippen LogP contribution in [0.1, 0.15) is 48.7 Å². The van der Waals surface area contributed by atoms with Crippen molar-refractivity contribution in [2.75, 3.05) is 0 Å². The largest absolute Gasteiger partial charge is 0.422 e. The summed E-state index contributed by atoms with van der Waals surface area (Å²) >= 11 is 11.8. The van der Waals surface area contributed by atoms with Crippen LogP contribution >= 0.6 is 23.2 Å². The molecule has 0 fully saturated rings.